The summed E-state index contributed by atoms with van der Waals surface area (Å²) in [5, 5.41) is 22.2. The molecule has 0 aromatic heterocycles. The summed E-state index contributed by atoms with van der Waals surface area (Å²) in [6.07, 6.45) is 1.43. The first kappa shape index (κ1) is 17.8. The minimum absolute atomic E-state index is 0.0406. The average Bonchev–Trinajstić information content (AvgIpc) is 2.63. The van der Waals surface area contributed by atoms with Crippen LogP contribution in [0.15, 0.2) is 47.6 Å². The Balaban J connectivity index is 1.83. The van der Waals surface area contributed by atoms with E-state index in [4.69, 9.17) is 14.7 Å². The number of nitrogens with one attached hydrogen (secondary N) is 1. The van der Waals surface area contributed by atoms with Gasteiger partial charge < -0.3 is 14.6 Å². The van der Waals surface area contributed by atoms with Gasteiger partial charge in [-0.1, -0.05) is 0 Å². The number of phenolic OH excluding ortho intramolecular Hbond substituents is 1. The third-order valence-electron chi connectivity index (χ3n) is 3.04. The fourth-order valence-corrected chi connectivity index (χ4v) is 1.87. The van der Waals surface area contributed by atoms with Crippen LogP contribution in [0.4, 0.5) is 0 Å². The summed E-state index contributed by atoms with van der Waals surface area (Å²) in [7, 11) is 0. The quantitative estimate of drug-likeness (QED) is 0.594. The van der Waals surface area contributed by atoms with E-state index >= 15 is 0 Å². The van der Waals surface area contributed by atoms with E-state index < -0.39 is 5.91 Å². The van der Waals surface area contributed by atoms with Crippen molar-refractivity contribution in [1.29, 1.82) is 5.26 Å². The van der Waals surface area contributed by atoms with Gasteiger partial charge in [-0.2, -0.15) is 10.4 Å². The van der Waals surface area contributed by atoms with Crippen molar-refractivity contribution in [3.63, 3.8) is 0 Å². The van der Waals surface area contributed by atoms with Gasteiger partial charge in [0.25, 0.3) is 5.91 Å². The molecule has 0 aliphatic rings. The number of nitriles is 1. The Morgan fingerprint density at radius 3 is 2.72 bits per heavy atom. The number of ether oxygens (including phenoxy) is 2. The van der Waals surface area contributed by atoms with Crippen LogP contribution in [0.25, 0.3) is 0 Å². The number of benzene rings is 2. The third-order valence-corrected chi connectivity index (χ3v) is 3.04. The predicted octanol–water partition coefficient (Wildman–Crippen LogP) is 2.19. The maximum atomic E-state index is 11.7. The zero-order valence-electron chi connectivity index (χ0n) is 13.6. The lowest BCUT2D eigenvalue weighted by atomic mass is 10.2. The van der Waals surface area contributed by atoms with Crippen molar-refractivity contribution >= 4 is 12.1 Å². The number of aromatic hydroxyl groups is 1. The largest absolute Gasteiger partial charge is 0.504 e. The molecule has 2 N–H and O–H groups in total. The summed E-state index contributed by atoms with van der Waals surface area (Å²) in [6, 6.07) is 13.2. The second kappa shape index (κ2) is 8.93. The van der Waals surface area contributed by atoms with E-state index in [0.29, 0.717) is 29.2 Å². The molecule has 1 amide bonds. The van der Waals surface area contributed by atoms with E-state index in [9.17, 15) is 9.90 Å². The van der Waals surface area contributed by atoms with Crippen LogP contribution in [0.5, 0.6) is 17.2 Å². The molecule has 128 valence electrons. The van der Waals surface area contributed by atoms with Gasteiger partial charge in [-0.15, -0.1) is 0 Å². The molecular formula is C18H17N3O4. The van der Waals surface area contributed by atoms with Crippen molar-refractivity contribution in [1.82, 2.24) is 5.43 Å². The normalized spacial score (nSPS) is 10.2. The van der Waals surface area contributed by atoms with Gasteiger partial charge in [-0.3, -0.25) is 4.79 Å². The number of amides is 1. The lowest BCUT2D eigenvalue weighted by Crippen LogP contribution is -2.24. The van der Waals surface area contributed by atoms with Crippen LogP contribution in [0.1, 0.15) is 18.1 Å². The summed E-state index contributed by atoms with van der Waals surface area (Å²) in [5.74, 6) is 0.447. The molecule has 0 saturated heterocycles. The number of hydrazone groups is 1. The van der Waals surface area contributed by atoms with Crippen LogP contribution < -0.4 is 14.9 Å². The SMILES string of the molecule is CCOc1cc(/C=N/NC(=O)COc2ccc(C#N)cc2)ccc1O. The van der Waals surface area contributed by atoms with E-state index in [0.717, 1.165) is 0 Å². The molecular weight excluding hydrogens is 322 g/mol. The van der Waals surface area contributed by atoms with Crippen molar-refractivity contribution < 1.29 is 19.4 Å². The molecule has 0 bridgehead atoms. The second-order valence-corrected chi connectivity index (χ2v) is 4.88. The number of hydrogen-bond donors (Lipinski definition) is 2. The molecule has 0 aliphatic carbocycles. The first-order chi connectivity index (χ1) is 12.1. The molecule has 25 heavy (non-hydrogen) atoms. The fraction of sp³-hybridized carbons (Fsp3) is 0.167. The molecule has 2 aromatic rings. The van der Waals surface area contributed by atoms with E-state index in [1.807, 2.05) is 13.0 Å². The predicted molar refractivity (Wildman–Crippen MR) is 91.7 cm³/mol. The van der Waals surface area contributed by atoms with Crippen molar-refractivity contribution in [3.05, 3.63) is 53.6 Å². The summed E-state index contributed by atoms with van der Waals surface area (Å²) in [4.78, 5) is 11.7. The molecule has 0 atom stereocenters. The molecule has 0 fully saturated rings. The molecule has 0 unspecified atom stereocenters. The van der Waals surface area contributed by atoms with Crippen LogP contribution in [-0.2, 0) is 4.79 Å². The van der Waals surface area contributed by atoms with Crippen molar-refractivity contribution in [2.24, 2.45) is 5.10 Å². The highest BCUT2D eigenvalue weighted by Crippen LogP contribution is 2.26. The highest BCUT2D eigenvalue weighted by molar-refractivity contribution is 5.83. The lowest BCUT2D eigenvalue weighted by molar-refractivity contribution is -0.123. The third kappa shape index (κ3) is 5.55. The maximum absolute atomic E-state index is 11.7. The van der Waals surface area contributed by atoms with Gasteiger partial charge in [0.1, 0.15) is 5.75 Å². The second-order valence-electron chi connectivity index (χ2n) is 4.88. The molecule has 7 heteroatoms. The smallest absolute Gasteiger partial charge is 0.277 e. The fourth-order valence-electron chi connectivity index (χ4n) is 1.87. The van der Waals surface area contributed by atoms with Gasteiger partial charge in [-0.25, -0.2) is 5.43 Å². The van der Waals surface area contributed by atoms with Gasteiger partial charge in [0.2, 0.25) is 0 Å². The van der Waals surface area contributed by atoms with Crippen molar-refractivity contribution in [2.45, 2.75) is 6.92 Å². The number of phenols is 1. The molecule has 0 spiro atoms. The van der Waals surface area contributed by atoms with Gasteiger partial charge >= 0.3 is 0 Å². The highest BCUT2D eigenvalue weighted by atomic mass is 16.5. The average molecular weight is 339 g/mol. The van der Waals surface area contributed by atoms with Gasteiger partial charge in [0, 0.05) is 0 Å². The molecule has 0 heterocycles. The van der Waals surface area contributed by atoms with E-state index in [1.54, 1.807) is 36.4 Å². The Kier molecular flexibility index (Phi) is 6.37. The molecule has 2 aromatic carbocycles. The van der Waals surface area contributed by atoms with Crippen LogP contribution in [-0.4, -0.2) is 30.4 Å². The van der Waals surface area contributed by atoms with Gasteiger partial charge in [-0.05, 0) is 55.0 Å². The standard InChI is InChI=1S/C18H17N3O4/c1-2-24-17-9-14(5-8-16(17)22)11-20-21-18(23)12-25-15-6-3-13(10-19)4-7-15/h3-9,11,22H,2,12H2,1H3,(H,21,23)/b20-11+. The van der Waals surface area contributed by atoms with Crippen LogP contribution >= 0.6 is 0 Å². The maximum Gasteiger partial charge on any atom is 0.277 e. The van der Waals surface area contributed by atoms with Crippen LogP contribution in [0, 0.1) is 11.3 Å². The first-order valence-electron chi connectivity index (χ1n) is 7.53. The highest BCUT2D eigenvalue weighted by Gasteiger charge is 2.03. The molecule has 0 saturated carbocycles. The zero-order valence-corrected chi connectivity index (χ0v) is 13.6. The Hall–Kier alpha value is -3.53. The van der Waals surface area contributed by atoms with Crippen LogP contribution in [0.3, 0.4) is 0 Å². The topological polar surface area (TPSA) is 104 Å². The summed E-state index contributed by atoms with van der Waals surface area (Å²) < 4.78 is 10.6. The Morgan fingerprint density at radius 1 is 1.28 bits per heavy atom. The summed E-state index contributed by atoms with van der Waals surface area (Å²) in [6.45, 7) is 2.04. The minimum atomic E-state index is -0.426. The van der Waals surface area contributed by atoms with Crippen molar-refractivity contribution in [2.75, 3.05) is 13.2 Å². The number of rotatable bonds is 7. The van der Waals surface area contributed by atoms with E-state index in [1.165, 1.54) is 12.3 Å². The number of carbonyl (C=O) groups excluding carboxylic acids is 1. The Morgan fingerprint density at radius 2 is 2.04 bits per heavy atom. The molecule has 0 radical (unpaired) electrons. The lowest BCUT2D eigenvalue weighted by Gasteiger charge is -2.06. The van der Waals surface area contributed by atoms with Crippen molar-refractivity contribution in [3.8, 4) is 23.3 Å². The van der Waals surface area contributed by atoms with Crippen LogP contribution in [0.2, 0.25) is 0 Å². The number of hydrogen-bond acceptors (Lipinski definition) is 6. The molecule has 2 rings (SSSR count). The summed E-state index contributed by atoms with van der Waals surface area (Å²) in [5.41, 5.74) is 3.52. The van der Waals surface area contributed by atoms with E-state index in [2.05, 4.69) is 10.5 Å². The Bertz CT molecular complexity index is 795. The van der Waals surface area contributed by atoms with E-state index in [-0.39, 0.29) is 12.4 Å². The minimum Gasteiger partial charge on any atom is -0.504 e. The van der Waals surface area contributed by atoms with Gasteiger partial charge in [0.05, 0.1) is 24.5 Å². The Labute approximate surface area is 145 Å². The first-order valence-corrected chi connectivity index (χ1v) is 7.53. The molecule has 0 aliphatic heterocycles. The molecule has 7 nitrogen and oxygen atoms in total. The van der Waals surface area contributed by atoms with Gasteiger partial charge in [0.15, 0.2) is 18.1 Å². The summed E-state index contributed by atoms with van der Waals surface area (Å²) >= 11 is 0. The number of nitrogens with zero attached hydrogens (tertiary/aromatic N) is 2. The number of carbonyl (C=O) groups is 1. The zero-order chi connectivity index (χ0) is 18.1. The monoisotopic (exact) mass is 339 g/mol.